The number of benzene rings is 2. The number of hydrogen-bond acceptors (Lipinski definition) is 6. The van der Waals surface area contributed by atoms with Crippen molar-refractivity contribution in [3.8, 4) is 0 Å². The van der Waals surface area contributed by atoms with Crippen LogP contribution in [0.5, 0.6) is 0 Å². The minimum absolute atomic E-state index is 0.0139. The van der Waals surface area contributed by atoms with Gasteiger partial charge in [0.15, 0.2) is 0 Å². The molecule has 0 heterocycles. The number of carbonyl (C=O) groups is 1. The average molecular weight is 411 g/mol. The molecule has 0 bridgehead atoms. The van der Waals surface area contributed by atoms with E-state index < -0.39 is 20.9 Å². The largest absolute Gasteiger partial charge is 0.465 e. The number of nitrogens with zero attached hydrogens (tertiary/aromatic N) is 2. The Morgan fingerprint density at radius 3 is 2.63 bits per heavy atom. The Labute approximate surface area is 160 Å². The maximum absolute atomic E-state index is 13.0. The third kappa shape index (κ3) is 4.26. The molecule has 8 nitrogen and oxygen atoms in total. The molecule has 2 aromatic carbocycles. The molecule has 142 valence electrons. The highest BCUT2D eigenvalue weighted by Gasteiger charge is 2.27. The van der Waals surface area contributed by atoms with Crippen molar-refractivity contribution in [1.82, 2.24) is 0 Å². The predicted octanol–water partition coefficient (Wildman–Crippen LogP) is 3.42. The molecule has 0 aliphatic carbocycles. The molecule has 0 N–H and O–H groups in total. The molecule has 0 radical (unpaired) electrons. The Morgan fingerprint density at radius 2 is 2.04 bits per heavy atom. The van der Waals surface area contributed by atoms with Crippen LogP contribution in [0.3, 0.4) is 0 Å². The van der Waals surface area contributed by atoms with E-state index in [1.165, 1.54) is 49.6 Å². The number of esters is 1. The van der Waals surface area contributed by atoms with Gasteiger partial charge in [-0.1, -0.05) is 23.7 Å². The number of sulfonamides is 1. The first kappa shape index (κ1) is 20.4. The van der Waals surface area contributed by atoms with Gasteiger partial charge >= 0.3 is 5.97 Å². The van der Waals surface area contributed by atoms with Gasteiger partial charge in [0, 0.05) is 12.1 Å². The quantitative estimate of drug-likeness (QED) is 0.299. The zero-order chi connectivity index (χ0) is 20.2. The SMILES string of the molecule is C=CCN(c1ccc(Cl)c(C(=O)OC)c1)S(=O)(=O)c1cccc([N+](=O)[O-])c1. The smallest absolute Gasteiger partial charge is 0.339 e. The third-order valence-electron chi connectivity index (χ3n) is 3.55. The summed E-state index contributed by atoms with van der Waals surface area (Å²) < 4.78 is 31.7. The lowest BCUT2D eigenvalue weighted by atomic mass is 10.2. The Bertz CT molecular complexity index is 1010. The molecule has 0 fully saturated rings. The predicted molar refractivity (Wildman–Crippen MR) is 101 cm³/mol. The van der Waals surface area contributed by atoms with Crippen LogP contribution in [0.25, 0.3) is 0 Å². The number of non-ortho nitro benzene ring substituents is 1. The van der Waals surface area contributed by atoms with E-state index in [4.69, 9.17) is 11.6 Å². The lowest BCUT2D eigenvalue weighted by molar-refractivity contribution is -0.385. The number of anilines is 1. The molecule has 0 aliphatic rings. The first-order chi connectivity index (χ1) is 12.7. The summed E-state index contributed by atoms with van der Waals surface area (Å²) in [5.41, 5.74) is -0.243. The monoisotopic (exact) mass is 410 g/mol. The van der Waals surface area contributed by atoms with Crippen LogP contribution in [-0.4, -0.2) is 33.0 Å². The van der Waals surface area contributed by atoms with E-state index >= 15 is 0 Å². The molecule has 2 aromatic rings. The topological polar surface area (TPSA) is 107 Å². The highest BCUT2D eigenvalue weighted by atomic mass is 35.5. The summed E-state index contributed by atoms with van der Waals surface area (Å²) >= 11 is 5.97. The van der Waals surface area contributed by atoms with Crippen molar-refractivity contribution in [2.24, 2.45) is 0 Å². The summed E-state index contributed by atoms with van der Waals surface area (Å²) in [4.78, 5) is 21.8. The summed E-state index contributed by atoms with van der Waals surface area (Å²) in [5, 5.41) is 11.0. The van der Waals surface area contributed by atoms with Crippen molar-refractivity contribution >= 4 is 39.0 Å². The lowest BCUT2D eigenvalue weighted by Gasteiger charge is -2.23. The van der Waals surface area contributed by atoms with Gasteiger partial charge in [0.2, 0.25) is 0 Å². The Balaban J connectivity index is 2.60. The van der Waals surface area contributed by atoms with Crippen LogP contribution < -0.4 is 4.31 Å². The summed E-state index contributed by atoms with van der Waals surface area (Å²) in [7, 11) is -3.00. The zero-order valence-corrected chi connectivity index (χ0v) is 15.7. The molecular weight excluding hydrogens is 396 g/mol. The maximum Gasteiger partial charge on any atom is 0.339 e. The second-order valence-electron chi connectivity index (χ2n) is 5.24. The minimum atomic E-state index is -4.17. The molecule has 0 amide bonds. The molecular formula is C17H15ClN2O6S. The summed E-state index contributed by atoms with van der Waals surface area (Å²) in [6.07, 6.45) is 1.35. The van der Waals surface area contributed by atoms with E-state index in [1.54, 1.807) is 0 Å². The Kier molecular flexibility index (Phi) is 6.19. The number of ether oxygens (including phenoxy) is 1. The molecule has 0 unspecified atom stereocenters. The highest BCUT2D eigenvalue weighted by molar-refractivity contribution is 7.92. The van der Waals surface area contributed by atoms with Gasteiger partial charge in [-0.3, -0.25) is 14.4 Å². The fourth-order valence-electron chi connectivity index (χ4n) is 2.28. The molecule has 0 saturated carbocycles. The molecule has 10 heteroatoms. The van der Waals surface area contributed by atoms with Crippen molar-refractivity contribution in [3.63, 3.8) is 0 Å². The van der Waals surface area contributed by atoms with Crippen LogP contribution in [-0.2, 0) is 14.8 Å². The van der Waals surface area contributed by atoms with Gasteiger partial charge in [-0.2, -0.15) is 0 Å². The minimum Gasteiger partial charge on any atom is -0.465 e. The standard InChI is InChI=1S/C17H15ClN2O6S/c1-3-9-19(12-7-8-16(18)15(11-12)17(21)26-2)27(24,25)14-6-4-5-13(10-14)20(22)23/h3-8,10-11H,1,9H2,2H3. The van der Waals surface area contributed by atoms with Crippen LogP contribution in [0.1, 0.15) is 10.4 Å². The number of nitro groups is 1. The highest BCUT2D eigenvalue weighted by Crippen LogP contribution is 2.29. The van der Waals surface area contributed by atoms with Crippen molar-refractivity contribution in [1.29, 1.82) is 0 Å². The van der Waals surface area contributed by atoms with Crippen molar-refractivity contribution in [2.75, 3.05) is 18.0 Å². The molecule has 27 heavy (non-hydrogen) atoms. The van der Waals surface area contributed by atoms with Crippen LogP contribution in [0.4, 0.5) is 11.4 Å². The van der Waals surface area contributed by atoms with Gasteiger partial charge in [0.1, 0.15) is 0 Å². The second kappa shape index (κ2) is 8.19. The number of nitro benzene ring substituents is 1. The van der Waals surface area contributed by atoms with Crippen molar-refractivity contribution in [3.05, 3.63) is 75.8 Å². The lowest BCUT2D eigenvalue weighted by Crippen LogP contribution is -2.31. The van der Waals surface area contributed by atoms with E-state index in [2.05, 4.69) is 11.3 Å². The van der Waals surface area contributed by atoms with E-state index in [9.17, 15) is 23.3 Å². The summed E-state index contributed by atoms with van der Waals surface area (Å²) in [6.45, 7) is 3.41. The van der Waals surface area contributed by atoms with Crippen molar-refractivity contribution < 1.29 is 22.9 Å². The molecule has 0 saturated heterocycles. The van der Waals surface area contributed by atoms with Crippen LogP contribution in [0, 0.1) is 10.1 Å². The van der Waals surface area contributed by atoms with Crippen LogP contribution >= 0.6 is 11.6 Å². The van der Waals surface area contributed by atoms with Crippen LogP contribution in [0.15, 0.2) is 60.0 Å². The maximum atomic E-state index is 13.0. The number of halogens is 1. The number of hydrogen-bond donors (Lipinski definition) is 0. The van der Waals surface area contributed by atoms with Crippen LogP contribution in [0.2, 0.25) is 5.02 Å². The molecule has 0 aromatic heterocycles. The molecule has 0 spiro atoms. The van der Waals surface area contributed by atoms with E-state index in [1.807, 2.05) is 0 Å². The van der Waals surface area contributed by atoms with Gasteiger partial charge in [-0.15, -0.1) is 6.58 Å². The fraction of sp³-hybridized carbons (Fsp3) is 0.118. The average Bonchev–Trinajstić information content (AvgIpc) is 2.66. The second-order valence-corrected chi connectivity index (χ2v) is 7.50. The number of methoxy groups -OCH3 is 1. The summed E-state index contributed by atoms with van der Waals surface area (Å²) in [6, 6.07) is 8.72. The molecule has 0 atom stereocenters. The Morgan fingerprint density at radius 1 is 1.33 bits per heavy atom. The number of carbonyl (C=O) groups excluding carboxylic acids is 1. The normalized spacial score (nSPS) is 10.9. The van der Waals surface area contributed by atoms with Gasteiger partial charge in [0.25, 0.3) is 15.7 Å². The van der Waals surface area contributed by atoms with E-state index in [-0.39, 0.29) is 33.4 Å². The fourth-order valence-corrected chi connectivity index (χ4v) is 3.94. The number of rotatable bonds is 7. The van der Waals surface area contributed by atoms with Crippen molar-refractivity contribution in [2.45, 2.75) is 4.90 Å². The zero-order valence-electron chi connectivity index (χ0n) is 14.2. The van der Waals surface area contributed by atoms with E-state index in [0.29, 0.717) is 0 Å². The molecule has 0 aliphatic heterocycles. The first-order valence-corrected chi connectivity index (χ1v) is 9.30. The van der Waals surface area contributed by atoms with Gasteiger partial charge < -0.3 is 4.74 Å². The summed E-state index contributed by atoms with van der Waals surface area (Å²) in [5.74, 6) is -0.729. The van der Waals surface area contributed by atoms with Gasteiger partial charge in [-0.05, 0) is 24.3 Å². The van der Waals surface area contributed by atoms with Gasteiger partial charge in [-0.25, -0.2) is 13.2 Å². The van der Waals surface area contributed by atoms with E-state index in [0.717, 1.165) is 10.4 Å². The third-order valence-corrected chi connectivity index (χ3v) is 5.67. The van der Waals surface area contributed by atoms with Gasteiger partial charge in [0.05, 0.1) is 39.7 Å². The first-order valence-electron chi connectivity index (χ1n) is 7.48. The Hall–Kier alpha value is -2.91. The molecule has 2 rings (SSSR count).